The molecule has 0 aromatic heterocycles. The fourth-order valence-corrected chi connectivity index (χ4v) is 0.905. The third-order valence-electron chi connectivity index (χ3n) is 1.70. The number of carbonyl (C=O) groups excluding carboxylic acids is 1. The second-order valence-corrected chi connectivity index (χ2v) is 3.50. The van der Waals surface area contributed by atoms with E-state index in [-0.39, 0.29) is 19.3 Å². The summed E-state index contributed by atoms with van der Waals surface area (Å²) >= 11 is 0. The van der Waals surface area contributed by atoms with E-state index >= 15 is 0 Å². The smallest absolute Gasteiger partial charge is 0.407 e. The largest absolute Gasteiger partial charge is 0.447 e. The molecule has 0 aliphatic carbocycles. The van der Waals surface area contributed by atoms with Crippen LogP contribution >= 0.6 is 0 Å². The van der Waals surface area contributed by atoms with E-state index in [0.717, 1.165) is 13.0 Å². The van der Waals surface area contributed by atoms with E-state index in [0.29, 0.717) is 0 Å². The van der Waals surface area contributed by atoms with Gasteiger partial charge in [-0.3, -0.25) is 0 Å². The topological polar surface area (TPSA) is 61.8 Å². The van der Waals surface area contributed by atoms with E-state index in [9.17, 15) is 4.79 Å². The SMILES string of the molecule is CC(CCN(C)C)NC(=O)OCCO. The van der Waals surface area contributed by atoms with E-state index < -0.39 is 6.09 Å². The zero-order valence-electron chi connectivity index (χ0n) is 9.12. The lowest BCUT2D eigenvalue weighted by Crippen LogP contribution is -2.35. The van der Waals surface area contributed by atoms with Crippen molar-refractivity contribution in [3.63, 3.8) is 0 Å². The van der Waals surface area contributed by atoms with Crippen LogP contribution in [0.1, 0.15) is 13.3 Å². The van der Waals surface area contributed by atoms with Crippen molar-refractivity contribution in [2.24, 2.45) is 0 Å². The molecule has 0 aromatic rings. The Balaban J connectivity index is 3.50. The van der Waals surface area contributed by atoms with Gasteiger partial charge in [0.15, 0.2) is 0 Å². The van der Waals surface area contributed by atoms with Crippen LogP contribution in [0, 0.1) is 0 Å². The molecule has 0 aliphatic rings. The molecule has 5 heteroatoms. The molecule has 1 amide bonds. The van der Waals surface area contributed by atoms with Gasteiger partial charge in [-0.2, -0.15) is 0 Å². The number of amides is 1. The van der Waals surface area contributed by atoms with Crippen molar-refractivity contribution in [2.75, 3.05) is 33.9 Å². The highest BCUT2D eigenvalue weighted by atomic mass is 16.6. The highest BCUT2D eigenvalue weighted by molar-refractivity contribution is 5.67. The molecule has 0 heterocycles. The van der Waals surface area contributed by atoms with Crippen LogP contribution < -0.4 is 5.32 Å². The number of carbonyl (C=O) groups is 1. The average Bonchev–Trinajstić information content (AvgIpc) is 2.11. The first-order chi connectivity index (χ1) is 6.56. The van der Waals surface area contributed by atoms with Gasteiger partial charge in [-0.15, -0.1) is 0 Å². The van der Waals surface area contributed by atoms with Crippen LogP contribution in [0.2, 0.25) is 0 Å². The molecule has 0 bridgehead atoms. The van der Waals surface area contributed by atoms with E-state index in [1.54, 1.807) is 0 Å². The Kier molecular flexibility index (Phi) is 7.14. The summed E-state index contributed by atoms with van der Waals surface area (Å²) in [4.78, 5) is 13.1. The standard InChI is InChI=1S/C9H20N2O3/c1-8(4-5-11(2)3)10-9(13)14-7-6-12/h8,12H,4-7H2,1-3H3,(H,10,13). The number of rotatable bonds is 6. The number of alkyl carbamates (subject to hydrolysis) is 1. The first kappa shape index (κ1) is 13.2. The van der Waals surface area contributed by atoms with Crippen LogP contribution in [0.15, 0.2) is 0 Å². The van der Waals surface area contributed by atoms with Gasteiger partial charge in [0.1, 0.15) is 6.61 Å². The van der Waals surface area contributed by atoms with Gasteiger partial charge in [0.05, 0.1) is 6.61 Å². The van der Waals surface area contributed by atoms with Gasteiger partial charge < -0.3 is 20.1 Å². The minimum absolute atomic E-state index is 0.0479. The summed E-state index contributed by atoms with van der Waals surface area (Å²) in [6.07, 6.45) is 0.409. The quantitative estimate of drug-likeness (QED) is 0.641. The second kappa shape index (κ2) is 7.58. The maximum Gasteiger partial charge on any atom is 0.407 e. The van der Waals surface area contributed by atoms with Gasteiger partial charge >= 0.3 is 6.09 Å². The molecule has 1 atom stereocenters. The molecule has 5 nitrogen and oxygen atoms in total. The average molecular weight is 204 g/mol. The molecule has 0 aliphatic heterocycles. The molecule has 84 valence electrons. The van der Waals surface area contributed by atoms with Crippen LogP contribution in [-0.4, -0.2) is 56.0 Å². The van der Waals surface area contributed by atoms with Crippen molar-refractivity contribution in [1.29, 1.82) is 0 Å². The lowest BCUT2D eigenvalue weighted by atomic mass is 10.2. The molecule has 0 radical (unpaired) electrons. The number of nitrogens with one attached hydrogen (secondary N) is 1. The number of hydrogen-bond acceptors (Lipinski definition) is 4. The van der Waals surface area contributed by atoms with Crippen molar-refractivity contribution in [3.8, 4) is 0 Å². The molecule has 0 saturated carbocycles. The van der Waals surface area contributed by atoms with Crippen LogP contribution in [0.4, 0.5) is 4.79 Å². The van der Waals surface area contributed by atoms with Crippen molar-refractivity contribution in [3.05, 3.63) is 0 Å². The predicted octanol–water partition coefficient (Wildman–Crippen LogP) is 0.0451. The second-order valence-electron chi connectivity index (χ2n) is 3.50. The van der Waals surface area contributed by atoms with Gasteiger partial charge in [0, 0.05) is 6.04 Å². The van der Waals surface area contributed by atoms with Gasteiger partial charge in [-0.1, -0.05) is 0 Å². The number of aliphatic hydroxyl groups excluding tert-OH is 1. The molecule has 14 heavy (non-hydrogen) atoms. The maximum atomic E-state index is 11.0. The first-order valence-corrected chi connectivity index (χ1v) is 4.75. The first-order valence-electron chi connectivity index (χ1n) is 4.75. The van der Waals surface area contributed by atoms with Gasteiger partial charge in [0.25, 0.3) is 0 Å². The van der Waals surface area contributed by atoms with Crippen molar-refractivity contribution in [2.45, 2.75) is 19.4 Å². The Hall–Kier alpha value is -0.810. The highest BCUT2D eigenvalue weighted by Crippen LogP contribution is 1.92. The predicted molar refractivity (Wildman–Crippen MR) is 54.2 cm³/mol. The van der Waals surface area contributed by atoms with Crippen molar-refractivity contribution in [1.82, 2.24) is 10.2 Å². The highest BCUT2D eigenvalue weighted by Gasteiger charge is 2.07. The van der Waals surface area contributed by atoms with Crippen molar-refractivity contribution >= 4 is 6.09 Å². The third-order valence-corrected chi connectivity index (χ3v) is 1.70. The zero-order chi connectivity index (χ0) is 11.0. The molecule has 0 fully saturated rings. The van der Waals surface area contributed by atoms with Gasteiger partial charge in [0.2, 0.25) is 0 Å². The molecule has 1 unspecified atom stereocenters. The van der Waals surface area contributed by atoms with E-state index in [2.05, 4.69) is 15.0 Å². The number of aliphatic hydroxyl groups is 1. The Morgan fingerprint density at radius 2 is 2.21 bits per heavy atom. The molecular weight excluding hydrogens is 184 g/mol. The lowest BCUT2D eigenvalue weighted by Gasteiger charge is -2.16. The van der Waals surface area contributed by atoms with E-state index in [1.807, 2.05) is 21.0 Å². The Morgan fingerprint density at radius 1 is 1.57 bits per heavy atom. The van der Waals surface area contributed by atoms with Gasteiger partial charge in [-0.25, -0.2) is 4.79 Å². The lowest BCUT2D eigenvalue weighted by molar-refractivity contribution is 0.116. The Morgan fingerprint density at radius 3 is 2.71 bits per heavy atom. The summed E-state index contributed by atoms with van der Waals surface area (Å²) < 4.78 is 4.65. The number of hydrogen-bond donors (Lipinski definition) is 2. The van der Waals surface area contributed by atoms with E-state index in [1.165, 1.54) is 0 Å². The molecule has 2 N–H and O–H groups in total. The maximum absolute atomic E-state index is 11.0. The van der Waals surface area contributed by atoms with Crippen LogP contribution in [0.5, 0.6) is 0 Å². The summed E-state index contributed by atoms with van der Waals surface area (Å²) in [5.41, 5.74) is 0. The molecule has 0 saturated heterocycles. The monoisotopic (exact) mass is 204 g/mol. The minimum atomic E-state index is -0.467. The van der Waals surface area contributed by atoms with Crippen LogP contribution in [0.25, 0.3) is 0 Å². The summed E-state index contributed by atoms with van der Waals surface area (Å²) in [5, 5.41) is 11.1. The van der Waals surface area contributed by atoms with Crippen LogP contribution in [0.3, 0.4) is 0 Å². The van der Waals surface area contributed by atoms with E-state index in [4.69, 9.17) is 5.11 Å². The van der Waals surface area contributed by atoms with Crippen molar-refractivity contribution < 1.29 is 14.6 Å². The number of nitrogens with zero attached hydrogens (tertiary/aromatic N) is 1. The minimum Gasteiger partial charge on any atom is -0.447 e. The molecule has 0 rings (SSSR count). The normalized spacial score (nSPS) is 12.6. The number of ether oxygens (including phenoxy) is 1. The summed E-state index contributed by atoms with van der Waals surface area (Å²) in [7, 11) is 3.97. The summed E-state index contributed by atoms with van der Waals surface area (Å²) in [6.45, 7) is 2.75. The summed E-state index contributed by atoms with van der Waals surface area (Å²) in [6, 6.07) is 0.0867. The fraction of sp³-hybridized carbons (Fsp3) is 0.889. The molecule has 0 aromatic carbocycles. The fourth-order valence-electron chi connectivity index (χ4n) is 0.905. The summed E-state index contributed by atoms with van der Waals surface area (Å²) in [5.74, 6) is 0. The zero-order valence-corrected chi connectivity index (χ0v) is 9.12. The molecular formula is C9H20N2O3. The van der Waals surface area contributed by atoms with Gasteiger partial charge in [-0.05, 0) is 34.0 Å². The Bertz CT molecular complexity index is 162. The molecule has 0 spiro atoms. The third kappa shape index (κ3) is 7.82. The van der Waals surface area contributed by atoms with Crippen LogP contribution in [-0.2, 0) is 4.74 Å². The Labute approximate surface area is 85.0 Å².